The highest BCUT2D eigenvalue weighted by molar-refractivity contribution is 5.87. The molecule has 0 radical (unpaired) electrons. The number of nitrogens with one attached hydrogen (secondary N) is 6. The molecule has 2 aromatic carbocycles. The van der Waals surface area contributed by atoms with Gasteiger partial charge < -0.3 is 40.7 Å². The summed E-state index contributed by atoms with van der Waals surface area (Å²) in [6.45, 7) is 19.5. The number of carbonyl (C=O) groups excluding carboxylic acids is 4. The predicted molar refractivity (Wildman–Crippen MR) is 216 cm³/mol. The lowest BCUT2D eigenvalue weighted by Crippen LogP contribution is -2.52. The van der Waals surface area contributed by atoms with Gasteiger partial charge in [-0.25, -0.2) is 19.6 Å². The molecule has 2 heterocycles. The van der Waals surface area contributed by atoms with E-state index in [4.69, 9.17) is 9.47 Å². The summed E-state index contributed by atoms with van der Waals surface area (Å²) < 4.78 is 9.45. The number of benzene rings is 2. The van der Waals surface area contributed by atoms with E-state index in [1.807, 2.05) is 118 Å². The van der Waals surface area contributed by atoms with Gasteiger partial charge in [-0.3, -0.25) is 9.59 Å². The molecule has 0 saturated carbocycles. The summed E-state index contributed by atoms with van der Waals surface area (Å²) in [5, 5.41) is 11.4. The molecule has 302 valence electrons. The van der Waals surface area contributed by atoms with Crippen LogP contribution in [0, 0.1) is 22.7 Å². The van der Waals surface area contributed by atoms with E-state index in [1.165, 1.54) is 14.2 Å². The molecule has 0 aliphatic rings. The van der Waals surface area contributed by atoms with Crippen LogP contribution in [0.3, 0.4) is 0 Å². The Morgan fingerprint density at radius 2 is 0.839 bits per heavy atom. The molecule has 0 saturated heterocycles. The molecule has 4 aromatic rings. The number of aromatic nitrogens is 4. The number of imidazole rings is 2. The zero-order valence-electron chi connectivity index (χ0n) is 34.6. The van der Waals surface area contributed by atoms with Gasteiger partial charge in [-0.15, -0.1) is 0 Å². The Hall–Kier alpha value is -5.66. The van der Waals surface area contributed by atoms with E-state index in [2.05, 4.69) is 41.2 Å². The van der Waals surface area contributed by atoms with Crippen molar-refractivity contribution in [2.75, 3.05) is 14.2 Å². The molecule has 0 fully saturated rings. The molecule has 56 heavy (non-hydrogen) atoms. The van der Waals surface area contributed by atoms with Crippen LogP contribution in [0.5, 0.6) is 0 Å². The molecule has 4 amide bonds. The average Bonchev–Trinajstić information content (AvgIpc) is 3.83. The van der Waals surface area contributed by atoms with Crippen molar-refractivity contribution in [3.05, 3.63) is 72.6 Å². The van der Waals surface area contributed by atoms with Crippen molar-refractivity contribution < 1.29 is 28.7 Å². The Labute approximate surface area is 329 Å². The Morgan fingerprint density at radius 3 is 1.11 bits per heavy atom. The zero-order chi connectivity index (χ0) is 41.5. The van der Waals surface area contributed by atoms with Crippen LogP contribution in [-0.2, 0) is 19.1 Å². The molecule has 0 aliphatic heterocycles. The summed E-state index contributed by atoms with van der Waals surface area (Å²) in [5.74, 6) is 0.242. The first-order chi connectivity index (χ1) is 26.2. The van der Waals surface area contributed by atoms with Crippen molar-refractivity contribution in [1.29, 1.82) is 0 Å². The third kappa shape index (κ3) is 10.8. The maximum Gasteiger partial charge on any atom is 0.407 e. The number of rotatable bonds is 13. The molecule has 4 atom stereocenters. The fourth-order valence-corrected chi connectivity index (χ4v) is 6.24. The van der Waals surface area contributed by atoms with E-state index in [0.717, 1.165) is 33.6 Å². The molecular formula is C42H58N8O6. The molecule has 0 spiro atoms. The van der Waals surface area contributed by atoms with E-state index >= 15 is 0 Å². The fourth-order valence-electron chi connectivity index (χ4n) is 6.24. The minimum atomic E-state index is -0.775. The molecule has 0 aliphatic carbocycles. The number of carbonyl (C=O) groups is 4. The Balaban J connectivity index is 1.48. The molecular weight excluding hydrogens is 713 g/mol. The molecule has 0 bridgehead atoms. The highest BCUT2D eigenvalue weighted by atomic mass is 16.5. The summed E-state index contributed by atoms with van der Waals surface area (Å²) in [6.07, 6.45) is 2.18. The van der Waals surface area contributed by atoms with Crippen LogP contribution >= 0.6 is 0 Å². The number of methoxy groups -OCH3 is 2. The van der Waals surface area contributed by atoms with E-state index < -0.39 is 47.2 Å². The zero-order valence-corrected chi connectivity index (χ0v) is 34.6. The van der Waals surface area contributed by atoms with Crippen LogP contribution in [0.4, 0.5) is 9.59 Å². The lowest BCUT2D eigenvalue weighted by Gasteiger charge is -2.32. The number of amides is 4. The van der Waals surface area contributed by atoms with E-state index in [1.54, 1.807) is 12.4 Å². The summed E-state index contributed by atoms with van der Waals surface area (Å²) in [5.41, 5.74) is 4.74. The van der Waals surface area contributed by atoms with Crippen LogP contribution < -0.4 is 21.3 Å². The van der Waals surface area contributed by atoms with Crippen LogP contribution in [0.25, 0.3) is 33.6 Å². The van der Waals surface area contributed by atoms with Gasteiger partial charge in [0.2, 0.25) is 11.8 Å². The molecule has 4 unspecified atom stereocenters. The normalized spacial score (nSPS) is 14.0. The smallest absolute Gasteiger partial charge is 0.407 e. The van der Waals surface area contributed by atoms with Gasteiger partial charge in [0.15, 0.2) is 0 Å². The summed E-state index contributed by atoms with van der Waals surface area (Å²) in [7, 11) is 2.53. The van der Waals surface area contributed by atoms with Gasteiger partial charge in [0.25, 0.3) is 0 Å². The molecule has 4 rings (SSSR count). The second-order valence-corrected chi connectivity index (χ2v) is 16.8. The third-order valence-electron chi connectivity index (χ3n) is 9.58. The quantitative estimate of drug-likeness (QED) is 0.0816. The largest absolute Gasteiger partial charge is 0.453 e. The number of H-pyrrole nitrogens is 2. The van der Waals surface area contributed by atoms with Gasteiger partial charge in [0.05, 0.1) is 50.1 Å². The fraction of sp³-hybridized carbons (Fsp3) is 0.476. The second-order valence-electron chi connectivity index (χ2n) is 16.8. The second kappa shape index (κ2) is 17.9. The van der Waals surface area contributed by atoms with Crippen molar-refractivity contribution in [2.24, 2.45) is 22.7 Å². The van der Waals surface area contributed by atoms with Gasteiger partial charge in [0, 0.05) is 0 Å². The van der Waals surface area contributed by atoms with E-state index in [9.17, 15) is 19.2 Å². The number of aromatic amines is 2. The molecule has 14 heteroatoms. The average molecular weight is 771 g/mol. The van der Waals surface area contributed by atoms with Crippen molar-refractivity contribution in [1.82, 2.24) is 41.2 Å². The van der Waals surface area contributed by atoms with Gasteiger partial charge in [-0.2, -0.15) is 0 Å². The van der Waals surface area contributed by atoms with Crippen molar-refractivity contribution in [2.45, 2.75) is 93.4 Å². The first-order valence-electron chi connectivity index (χ1n) is 18.8. The first-order valence-corrected chi connectivity index (χ1v) is 18.8. The topological polar surface area (TPSA) is 192 Å². The minimum absolute atomic E-state index is 0.162. The Morgan fingerprint density at radius 1 is 0.536 bits per heavy atom. The standard InChI is InChI=1S/C42H58N8O6/c1-23(2)31(47-39(53)55-11)37(51)49-33(41(5,6)7)35-43-21-29(45-35)27-17-13-25(14-18-27)26-15-19-28(20-16-26)30-22-44-36(46-30)34(42(8,9)10)50-38(52)32(24(3)4)48-40(54)56-12/h13-24,31-34H,1-12H3,(H,43,45)(H,44,46)(H,47,53)(H,48,54)(H,49,51)(H,50,52). The number of hydrogen-bond acceptors (Lipinski definition) is 8. The van der Waals surface area contributed by atoms with E-state index in [0.29, 0.717) is 11.6 Å². The SMILES string of the molecule is COC(=O)NC(C(=O)NC(c1ncc(-c2ccc(-c3ccc(-c4cnc(C(NC(=O)C(NC(=O)OC)C(C)C)C(C)(C)C)[nH]4)cc3)cc2)[nH]1)C(C)(C)C)C(C)C. The molecule has 2 aromatic heterocycles. The summed E-state index contributed by atoms with van der Waals surface area (Å²) >= 11 is 0. The van der Waals surface area contributed by atoms with Crippen LogP contribution in [-0.4, -0.2) is 70.2 Å². The van der Waals surface area contributed by atoms with Gasteiger partial charge >= 0.3 is 12.2 Å². The number of nitrogens with zero attached hydrogens (tertiary/aromatic N) is 2. The number of hydrogen-bond donors (Lipinski definition) is 6. The van der Waals surface area contributed by atoms with Crippen molar-refractivity contribution in [3.63, 3.8) is 0 Å². The number of alkyl carbamates (subject to hydrolysis) is 2. The lowest BCUT2D eigenvalue weighted by atomic mass is 9.85. The lowest BCUT2D eigenvalue weighted by molar-refractivity contribution is -0.126. The Bertz CT molecular complexity index is 1810. The highest BCUT2D eigenvalue weighted by Gasteiger charge is 2.35. The maximum absolute atomic E-state index is 13.3. The third-order valence-corrected chi connectivity index (χ3v) is 9.58. The first kappa shape index (κ1) is 43.1. The van der Waals surface area contributed by atoms with Crippen LogP contribution in [0.1, 0.15) is 93.0 Å². The van der Waals surface area contributed by atoms with Crippen molar-refractivity contribution in [3.8, 4) is 33.6 Å². The predicted octanol–water partition coefficient (Wildman–Crippen LogP) is 7.30. The maximum atomic E-state index is 13.3. The van der Waals surface area contributed by atoms with Crippen LogP contribution in [0.15, 0.2) is 60.9 Å². The minimum Gasteiger partial charge on any atom is -0.453 e. The van der Waals surface area contributed by atoms with Crippen LogP contribution in [0.2, 0.25) is 0 Å². The van der Waals surface area contributed by atoms with Crippen molar-refractivity contribution >= 4 is 24.0 Å². The summed E-state index contributed by atoms with van der Waals surface area (Å²) in [6, 6.07) is 13.8. The van der Waals surface area contributed by atoms with E-state index in [-0.39, 0.29) is 23.7 Å². The highest BCUT2D eigenvalue weighted by Crippen LogP contribution is 2.35. The monoisotopic (exact) mass is 770 g/mol. The number of ether oxygens (including phenoxy) is 2. The summed E-state index contributed by atoms with van der Waals surface area (Å²) in [4.78, 5) is 66.6. The molecule has 6 N–H and O–H groups in total. The Kier molecular flexibility index (Phi) is 13.7. The van der Waals surface area contributed by atoms with Gasteiger partial charge in [-0.05, 0) is 44.9 Å². The van der Waals surface area contributed by atoms with Gasteiger partial charge in [0.1, 0.15) is 23.7 Å². The molecule has 14 nitrogen and oxygen atoms in total. The van der Waals surface area contributed by atoms with Gasteiger partial charge in [-0.1, -0.05) is 118 Å².